The minimum atomic E-state index is -0.772. The Kier molecular flexibility index (Phi) is 6.00. The van der Waals surface area contributed by atoms with Crippen molar-refractivity contribution in [2.45, 2.75) is 69.9 Å². The maximum Gasteiger partial charge on any atom is 0.222 e. The van der Waals surface area contributed by atoms with Crippen molar-refractivity contribution < 1.29 is 14.7 Å². The molecule has 1 saturated carbocycles. The minimum absolute atomic E-state index is 0.0317. The number of amides is 2. The van der Waals surface area contributed by atoms with Crippen molar-refractivity contribution in [3.05, 3.63) is 0 Å². The van der Waals surface area contributed by atoms with E-state index in [1.807, 2.05) is 4.90 Å². The van der Waals surface area contributed by atoms with E-state index in [2.05, 4.69) is 10.2 Å². The minimum Gasteiger partial charge on any atom is -0.387 e. The summed E-state index contributed by atoms with van der Waals surface area (Å²) < 4.78 is 0. The number of nitrogens with zero attached hydrogens (tertiary/aromatic N) is 2. The molecule has 2 amide bonds. The molecule has 25 heavy (non-hydrogen) atoms. The number of rotatable bonds is 5. The molecular formula is C19H33N3O3. The molecule has 2 N–H and O–H groups in total. The molecule has 2 heterocycles. The van der Waals surface area contributed by atoms with Crippen LogP contribution >= 0.6 is 0 Å². The highest BCUT2D eigenvalue weighted by Crippen LogP contribution is 2.30. The van der Waals surface area contributed by atoms with E-state index in [9.17, 15) is 14.7 Å². The Morgan fingerprint density at radius 2 is 1.80 bits per heavy atom. The normalized spacial score (nSPS) is 29.3. The number of nitrogens with one attached hydrogen (secondary N) is 1. The van der Waals surface area contributed by atoms with E-state index in [4.69, 9.17) is 0 Å². The highest BCUT2D eigenvalue weighted by Gasteiger charge is 2.40. The van der Waals surface area contributed by atoms with Gasteiger partial charge in [-0.2, -0.15) is 0 Å². The number of hydrogen-bond acceptors (Lipinski definition) is 4. The van der Waals surface area contributed by atoms with Crippen LogP contribution in [0.5, 0.6) is 0 Å². The van der Waals surface area contributed by atoms with Gasteiger partial charge in [-0.25, -0.2) is 0 Å². The van der Waals surface area contributed by atoms with Crippen LogP contribution in [0.4, 0.5) is 0 Å². The number of carbonyl (C=O) groups is 2. The van der Waals surface area contributed by atoms with Crippen LogP contribution in [0, 0.1) is 5.92 Å². The Morgan fingerprint density at radius 3 is 2.44 bits per heavy atom. The van der Waals surface area contributed by atoms with Crippen molar-refractivity contribution in [3.8, 4) is 0 Å². The number of aliphatic hydroxyl groups is 1. The molecule has 142 valence electrons. The summed E-state index contributed by atoms with van der Waals surface area (Å²) in [5.41, 5.74) is -0.772. The smallest absolute Gasteiger partial charge is 0.222 e. The van der Waals surface area contributed by atoms with Crippen molar-refractivity contribution in [2.24, 2.45) is 5.92 Å². The standard InChI is InChI=1S/C19H33N3O3/c1-15(23)20-17-6-9-21(10-7-17)13-19(25)8-11-22(14-19)18(24)12-16-4-2-3-5-16/h16-17,25H,2-14H2,1H3,(H,20,23). The fraction of sp³-hybridized carbons (Fsp3) is 0.895. The Balaban J connectivity index is 1.42. The quantitative estimate of drug-likeness (QED) is 0.779. The van der Waals surface area contributed by atoms with Gasteiger partial charge in [-0.05, 0) is 38.0 Å². The molecule has 1 aliphatic carbocycles. The largest absolute Gasteiger partial charge is 0.387 e. The number of likely N-dealkylation sites (tertiary alicyclic amines) is 2. The van der Waals surface area contributed by atoms with Crippen molar-refractivity contribution >= 4 is 11.8 Å². The second-order valence-electron chi connectivity index (χ2n) is 8.40. The molecule has 3 rings (SSSR count). The molecule has 0 bridgehead atoms. The summed E-state index contributed by atoms with van der Waals surface area (Å²) in [5, 5.41) is 13.9. The van der Waals surface area contributed by atoms with Gasteiger partial charge >= 0.3 is 0 Å². The van der Waals surface area contributed by atoms with Gasteiger partial charge in [-0.15, -0.1) is 0 Å². The van der Waals surface area contributed by atoms with Gasteiger partial charge in [0.2, 0.25) is 11.8 Å². The van der Waals surface area contributed by atoms with Crippen LogP contribution in [0.3, 0.4) is 0 Å². The van der Waals surface area contributed by atoms with Crippen molar-refractivity contribution in [1.29, 1.82) is 0 Å². The topological polar surface area (TPSA) is 72.9 Å². The average molecular weight is 351 g/mol. The zero-order valence-corrected chi connectivity index (χ0v) is 15.5. The molecule has 2 aliphatic heterocycles. The lowest BCUT2D eigenvalue weighted by Gasteiger charge is -2.36. The second-order valence-corrected chi connectivity index (χ2v) is 8.40. The van der Waals surface area contributed by atoms with Gasteiger partial charge in [0.25, 0.3) is 0 Å². The molecule has 0 aromatic heterocycles. The highest BCUT2D eigenvalue weighted by atomic mass is 16.3. The first-order chi connectivity index (χ1) is 11.9. The lowest BCUT2D eigenvalue weighted by molar-refractivity contribution is -0.132. The number of carbonyl (C=O) groups excluding carboxylic acids is 2. The van der Waals surface area contributed by atoms with Crippen molar-refractivity contribution in [2.75, 3.05) is 32.7 Å². The first kappa shape index (κ1) is 18.6. The number of β-amino-alcohol motifs (C(OH)–C–C–N with tert-alkyl or cyclic N) is 1. The van der Waals surface area contributed by atoms with Crippen molar-refractivity contribution in [1.82, 2.24) is 15.1 Å². The SMILES string of the molecule is CC(=O)NC1CCN(CC2(O)CCN(C(=O)CC3CCCC3)C2)CC1. The lowest BCUT2D eigenvalue weighted by Crippen LogP contribution is -2.50. The summed E-state index contributed by atoms with van der Waals surface area (Å²) in [6.45, 7) is 5.14. The van der Waals surface area contributed by atoms with Gasteiger partial charge in [0.15, 0.2) is 0 Å². The number of hydrogen-bond donors (Lipinski definition) is 2. The monoisotopic (exact) mass is 351 g/mol. The summed E-state index contributed by atoms with van der Waals surface area (Å²) in [4.78, 5) is 27.8. The van der Waals surface area contributed by atoms with Crippen LogP contribution in [-0.2, 0) is 9.59 Å². The molecule has 0 aromatic carbocycles. The van der Waals surface area contributed by atoms with Crippen LogP contribution in [-0.4, -0.2) is 71.1 Å². The molecule has 3 aliphatic rings. The molecule has 0 aromatic rings. The molecule has 0 spiro atoms. The molecule has 1 unspecified atom stereocenters. The summed E-state index contributed by atoms with van der Waals surface area (Å²) in [6.07, 6.45) is 8.10. The first-order valence-corrected chi connectivity index (χ1v) is 9.93. The van der Waals surface area contributed by atoms with Crippen LogP contribution in [0.25, 0.3) is 0 Å². The highest BCUT2D eigenvalue weighted by molar-refractivity contribution is 5.77. The number of piperidine rings is 1. The average Bonchev–Trinajstić information content (AvgIpc) is 3.19. The molecule has 1 atom stereocenters. The van der Waals surface area contributed by atoms with Crippen LogP contribution in [0.1, 0.15) is 58.3 Å². The van der Waals surface area contributed by atoms with Crippen LogP contribution < -0.4 is 5.32 Å². The third-order valence-electron chi connectivity index (χ3n) is 6.14. The van der Waals surface area contributed by atoms with Crippen LogP contribution in [0.2, 0.25) is 0 Å². The molecule has 2 saturated heterocycles. The fourth-order valence-corrected chi connectivity index (χ4v) is 4.73. The van der Waals surface area contributed by atoms with Crippen LogP contribution in [0.15, 0.2) is 0 Å². The van der Waals surface area contributed by atoms with Gasteiger partial charge < -0.3 is 20.2 Å². The van der Waals surface area contributed by atoms with E-state index < -0.39 is 5.60 Å². The zero-order chi connectivity index (χ0) is 17.9. The van der Waals surface area contributed by atoms with Gasteiger partial charge in [0.1, 0.15) is 0 Å². The molecule has 0 radical (unpaired) electrons. The van der Waals surface area contributed by atoms with Gasteiger partial charge in [-0.3, -0.25) is 9.59 Å². The summed E-state index contributed by atoms with van der Waals surface area (Å²) in [7, 11) is 0. The Labute approximate surface area is 150 Å². The third-order valence-corrected chi connectivity index (χ3v) is 6.14. The van der Waals surface area contributed by atoms with E-state index in [-0.39, 0.29) is 17.9 Å². The van der Waals surface area contributed by atoms with Gasteiger partial charge in [0, 0.05) is 45.6 Å². The molecule has 6 heteroatoms. The predicted octanol–water partition coefficient (Wildman–Crippen LogP) is 1.13. The molecule has 3 fully saturated rings. The summed E-state index contributed by atoms with van der Waals surface area (Å²) in [5.74, 6) is 0.825. The van der Waals surface area contributed by atoms with E-state index >= 15 is 0 Å². The first-order valence-electron chi connectivity index (χ1n) is 9.93. The molecule has 6 nitrogen and oxygen atoms in total. The van der Waals surface area contributed by atoms with E-state index in [1.165, 1.54) is 25.7 Å². The van der Waals surface area contributed by atoms with Gasteiger partial charge in [-0.1, -0.05) is 12.8 Å². The third kappa shape index (κ3) is 5.17. The Bertz CT molecular complexity index is 484. The lowest BCUT2D eigenvalue weighted by atomic mass is 9.99. The fourth-order valence-electron chi connectivity index (χ4n) is 4.73. The summed E-state index contributed by atoms with van der Waals surface area (Å²) in [6, 6.07) is 0.261. The maximum atomic E-state index is 12.5. The zero-order valence-electron chi connectivity index (χ0n) is 15.5. The van der Waals surface area contributed by atoms with Crippen molar-refractivity contribution in [3.63, 3.8) is 0 Å². The second kappa shape index (κ2) is 8.04. The Morgan fingerprint density at radius 1 is 1.12 bits per heavy atom. The summed E-state index contributed by atoms with van der Waals surface area (Å²) >= 11 is 0. The Hall–Kier alpha value is -1.14. The van der Waals surface area contributed by atoms with E-state index in [0.29, 0.717) is 38.4 Å². The van der Waals surface area contributed by atoms with E-state index in [0.717, 1.165) is 25.9 Å². The predicted molar refractivity (Wildman–Crippen MR) is 96.0 cm³/mol. The molecular weight excluding hydrogens is 318 g/mol. The maximum absolute atomic E-state index is 12.5. The van der Waals surface area contributed by atoms with Gasteiger partial charge in [0.05, 0.1) is 12.1 Å². The van der Waals surface area contributed by atoms with E-state index in [1.54, 1.807) is 6.92 Å².